The molecule has 0 radical (unpaired) electrons. The fraction of sp³-hybridized carbons (Fsp3) is 0.417. The molecule has 1 aromatic rings. The number of nitrogens with one attached hydrogen (secondary N) is 1. The molecule has 0 aliphatic carbocycles. The fourth-order valence-electron chi connectivity index (χ4n) is 1.55. The highest BCUT2D eigenvalue weighted by molar-refractivity contribution is 5.63. The first-order valence-corrected chi connectivity index (χ1v) is 5.68. The van der Waals surface area contributed by atoms with E-state index >= 15 is 0 Å². The second-order valence-corrected chi connectivity index (χ2v) is 3.93. The van der Waals surface area contributed by atoms with Crippen LogP contribution in [0.1, 0.15) is 12.0 Å². The molecule has 0 heterocycles. The summed E-state index contributed by atoms with van der Waals surface area (Å²) in [4.78, 5) is 10.3. The number of hydrogen-bond donors (Lipinski definition) is 2. The number of nitro benzene ring substituents is 1. The Balaban J connectivity index is 2.68. The number of rotatable bonds is 7. The van der Waals surface area contributed by atoms with Crippen molar-refractivity contribution >= 4 is 11.4 Å². The highest BCUT2D eigenvalue weighted by Crippen LogP contribution is 2.25. The van der Waals surface area contributed by atoms with Crippen molar-refractivity contribution in [1.29, 1.82) is 5.26 Å². The highest BCUT2D eigenvalue weighted by Gasteiger charge is 2.14. The minimum absolute atomic E-state index is 0.153. The van der Waals surface area contributed by atoms with Gasteiger partial charge in [0.1, 0.15) is 5.69 Å². The van der Waals surface area contributed by atoms with E-state index in [1.807, 2.05) is 6.07 Å². The van der Waals surface area contributed by atoms with E-state index in [9.17, 15) is 15.2 Å². The second kappa shape index (κ2) is 7.31. The number of nitrogens with zero attached hydrogens (tertiary/aromatic N) is 2. The molecule has 7 nitrogen and oxygen atoms in total. The lowest BCUT2D eigenvalue weighted by Crippen LogP contribution is -2.18. The Labute approximate surface area is 110 Å². The van der Waals surface area contributed by atoms with E-state index in [2.05, 4.69) is 5.32 Å². The van der Waals surface area contributed by atoms with Crippen LogP contribution in [0.5, 0.6) is 0 Å². The van der Waals surface area contributed by atoms with Gasteiger partial charge in [0, 0.05) is 19.7 Å². The van der Waals surface area contributed by atoms with Gasteiger partial charge in [0.25, 0.3) is 5.69 Å². The molecule has 0 aliphatic heterocycles. The Hall–Kier alpha value is -2.17. The monoisotopic (exact) mass is 265 g/mol. The number of nitriles is 1. The first kappa shape index (κ1) is 14.9. The van der Waals surface area contributed by atoms with Crippen LogP contribution in [0.25, 0.3) is 0 Å². The molecule has 7 heteroatoms. The zero-order chi connectivity index (χ0) is 14.3. The molecule has 0 spiro atoms. The molecule has 19 heavy (non-hydrogen) atoms. The summed E-state index contributed by atoms with van der Waals surface area (Å²) in [5.74, 6) is 0. The van der Waals surface area contributed by atoms with E-state index in [4.69, 9.17) is 10.00 Å². The number of nitro groups is 1. The van der Waals surface area contributed by atoms with Crippen molar-refractivity contribution in [3.8, 4) is 6.07 Å². The second-order valence-electron chi connectivity index (χ2n) is 3.93. The van der Waals surface area contributed by atoms with Crippen LogP contribution >= 0.6 is 0 Å². The van der Waals surface area contributed by atoms with Crippen molar-refractivity contribution < 1.29 is 14.8 Å². The van der Waals surface area contributed by atoms with Crippen LogP contribution in [0, 0.1) is 21.4 Å². The molecule has 0 fully saturated rings. The minimum Gasteiger partial charge on any atom is -0.391 e. The third kappa shape index (κ3) is 4.54. The molecule has 0 saturated carbocycles. The average Bonchev–Trinajstić information content (AvgIpc) is 2.39. The molecule has 0 aliphatic rings. The van der Waals surface area contributed by atoms with Gasteiger partial charge in [-0.15, -0.1) is 0 Å². The number of hydrogen-bond acceptors (Lipinski definition) is 6. The predicted octanol–water partition coefficient (Wildman–Crippen LogP) is 1.28. The summed E-state index contributed by atoms with van der Waals surface area (Å²) in [5.41, 5.74) is 0.408. The molecular formula is C12H15N3O4. The van der Waals surface area contributed by atoms with Gasteiger partial charge in [-0.25, -0.2) is 0 Å². The molecule has 0 bridgehead atoms. The van der Waals surface area contributed by atoms with Gasteiger partial charge in [0.2, 0.25) is 0 Å². The maximum absolute atomic E-state index is 10.9. The number of aliphatic hydroxyl groups excluding tert-OH is 1. The largest absolute Gasteiger partial charge is 0.391 e. The van der Waals surface area contributed by atoms with Gasteiger partial charge in [0.05, 0.1) is 29.3 Å². The van der Waals surface area contributed by atoms with Crippen molar-refractivity contribution in [3.05, 3.63) is 33.9 Å². The van der Waals surface area contributed by atoms with Crippen LogP contribution in [0.2, 0.25) is 0 Å². The molecule has 102 valence electrons. The number of anilines is 1. The molecule has 0 saturated heterocycles. The predicted molar refractivity (Wildman–Crippen MR) is 68.8 cm³/mol. The van der Waals surface area contributed by atoms with Crippen molar-refractivity contribution in [3.63, 3.8) is 0 Å². The smallest absolute Gasteiger partial charge is 0.293 e. The van der Waals surface area contributed by atoms with E-state index in [0.29, 0.717) is 18.7 Å². The average molecular weight is 265 g/mol. The Morgan fingerprint density at radius 2 is 2.37 bits per heavy atom. The van der Waals surface area contributed by atoms with E-state index in [0.717, 1.165) is 0 Å². The SMILES string of the molecule is COCC(O)CCNc1ccc(C#N)cc1[N+](=O)[O-]. The van der Waals surface area contributed by atoms with Crippen molar-refractivity contribution in [1.82, 2.24) is 0 Å². The molecule has 1 aromatic carbocycles. The normalized spacial score (nSPS) is 11.6. The number of aliphatic hydroxyl groups is 1. The number of benzene rings is 1. The Morgan fingerprint density at radius 1 is 1.63 bits per heavy atom. The van der Waals surface area contributed by atoms with Crippen LogP contribution in [0.15, 0.2) is 18.2 Å². The zero-order valence-corrected chi connectivity index (χ0v) is 10.5. The van der Waals surface area contributed by atoms with Crippen LogP contribution in [0.4, 0.5) is 11.4 Å². The third-order valence-corrected chi connectivity index (χ3v) is 2.48. The van der Waals surface area contributed by atoms with E-state index in [1.165, 1.54) is 25.3 Å². The Morgan fingerprint density at radius 3 is 2.95 bits per heavy atom. The summed E-state index contributed by atoms with van der Waals surface area (Å²) >= 11 is 0. The summed E-state index contributed by atoms with van der Waals surface area (Å²) in [5, 5.41) is 31.9. The molecule has 1 atom stereocenters. The van der Waals surface area contributed by atoms with Gasteiger partial charge < -0.3 is 15.2 Å². The number of ether oxygens (including phenoxy) is 1. The topological polar surface area (TPSA) is 108 Å². The Bertz CT molecular complexity index is 484. The van der Waals surface area contributed by atoms with Gasteiger partial charge >= 0.3 is 0 Å². The first-order chi connectivity index (χ1) is 9.08. The standard InChI is InChI=1S/C12H15N3O4/c1-19-8-10(16)4-5-14-11-3-2-9(7-13)6-12(11)15(17)18/h2-3,6,10,14,16H,4-5,8H2,1H3. The maximum Gasteiger partial charge on any atom is 0.293 e. The lowest BCUT2D eigenvalue weighted by atomic mass is 10.2. The molecule has 1 unspecified atom stereocenters. The highest BCUT2D eigenvalue weighted by atomic mass is 16.6. The van der Waals surface area contributed by atoms with Gasteiger partial charge in [-0.1, -0.05) is 0 Å². The van der Waals surface area contributed by atoms with E-state index < -0.39 is 11.0 Å². The summed E-state index contributed by atoms with van der Waals surface area (Å²) in [6.45, 7) is 0.592. The molecular weight excluding hydrogens is 250 g/mol. The van der Waals surface area contributed by atoms with Crippen molar-refractivity contribution in [2.45, 2.75) is 12.5 Å². The molecule has 0 amide bonds. The molecule has 1 rings (SSSR count). The summed E-state index contributed by atoms with van der Waals surface area (Å²) < 4.78 is 4.78. The maximum atomic E-state index is 10.9. The molecule has 2 N–H and O–H groups in total. The van der Waals surface area contributed by atoms with E-state index in [1.54, 1.807) is 0 Å². The van der Waals surface area contributed by atoms with E-state index in [-0.39, 0.29) is 17.9 Å². The van der Waals surface area contributed by atoms with Crippen molar-refractivity contribution in [2.75, 3.05) is 25.6 Å². The fourth-order valence-corrected chi connectivity index (χ4v) is 1.55. The Kier molecular flexibility index (Phi) is 5.73. The lowest BCUT2D eigenvalue weighted by Gasteiger charge is -2.11. The first-order valence-electron chi connectivity index (χ1n) is 5.68. The van der Waals surface area contributed by atoms with Gasteiger partial charge in [-0.05, 0) is 18.6 Å². The quantitative estimate of drug-likeness (QED) is 0.567. The van der Waals surface area contributed by atoms with Crippen LogP contribution < -0.4 is 5.32 Å². The summed E-state index contributed by atoms with van der Waals surface area (Å²) in [7, 11) is 1.49. The van der Waals surface area contributed by atoms with Crippen molar-refractivity contribution in [2.24, 2.45) is 0 Å². The molecule has 0 aromatic heterocycles. The van der Waals surface area contributed by atoms with Gasteiger partial charge in [0.15, 0.2) is 0 Å². The number of methoxy groups -OCH3 is 1. The lowest BCUT2D eigenvalue weighted by molar-refractivity contribution is -0.384. The van der Waals surface area contributed by atoms with Crippen LogP contribution in [0.3, 0.4) is 0 Å². The zero-order valence-electron chi connectivity index (χ0n) is 10.5. The minimum atomic E-state index is -0.616. The summed E-state index contributed by atoms with van der Waals surface area (Å²) in [6.07, 6.45) is -0.208. The van der Waals surface area contributed by atoms with Crippen LogP contribution in [-0.4, -0.2) is 36.4 Å². The summed E-state index contributed by atoms with van der Waals surface area (Å²) in [6, 6.07) is 6.05. The van der Waals surface area contributed by atoms with Gasteiger partial charge in [-0.3, -0.25) is 10.1 Å². The third-order valence-electron chi connectivity index (χ3n) is 2.48. The van der Waals surface area contributed by atoms with Gasteiger partial charge in [-0.2, -0.15) is 5.26 Å². The van der Waals surface area contributed by atoms with Crippen LogP contribution in [-0.2, 0) is 4.74 Å².